The second kappa shape index (κ2) is 4.79. The van der Waals surface area contributed by atoms with Crippen molar-refractivity contribution >= 4 is 16.0 Å². The average molecular weight is 315 g/mol. The summed E-state index contributed by atoms with van der Waals surface area (Å²) in [6.45, 7) is 2.16. The SMILES string of the molecule is Cc1nc(S(=O)(=O)NC2(C(=O)O)COC2)c2n1CCCC2. The summed E-state index contributed by atoms with van der Waals surface area (Å²) >= 11 is 0. The lowest BCUT2D eigenvalue weighted by molar-refractivity contribution is -0.163. The number of hydrogen-bond donors (Lipinski definition) is 2. The monoisotopic (exact) mass is 315 g/mol. The van der Waals surface area contributed by atoms with Crippen molar-refractivity contribution in [2.45, 2.75) is 43.3 Å². The molecule has 21 heavy (non-hydrogen) atoms. The van der Waals surface area contributed by atoms with Crippen LogP contribution in [-0.4, -0.2) is 47.8 Å². The van der Waals surface area contributed by atoms with Crippen molar-refractivity contribution in [1.82, 2.24) is 14.3 Å². The Kier molecular flexibility index (Phi) is 3.30. The molecule has 9 heteroatoms. The lowest BCUT2D eigenvalue weighted by Gasteiger charge is -2.37. The summed E-state index contributed by atoms with van der Waals surface area (Å²) in [6.07, 6.45) is 2.53. The molecular formula is C12H17N3O5S. The molecule has 0 atom stereocenters. The van der Waals surface area contributed by atoms with Crippen molar-refractivity contribution in [2.24, 2.45) is 0 Å². The number of carbonyl (C=O) groups is 1. The second-order valence-electron chi connectivity index (χ2n) is 5.51. The predicted octanol–water partition coefficient (Wildman–Crippen LogP) is -0.340. The molecule has 0 bridgehead atoms. The smallest absolute Gasteiger partial charge is 0.329 e. The van der Waals surface area contributed by atoms with E-state index in [1.165, 1.54) is 0 Å². The topological polar surface area (TPSA) is 111 Å². The van der Waals surface area contributed by atoms with Gasteiger partial charge in [0.15, 0.2) is 10.6 Å². The Bertz CT molecular complexity index is 690. The standard InChI is InChI=1S/C12H17N3O5S/c1-8-13-10(9-4-2-3-5-15(8)9)21(18,19)14-12(11(16)17)6-20-7-12/h14H,2-7H2,1H3,(H,16,17). The molecule has 0 unspecified atom stereocenters. The van der Waals surface area contributed by atoms with Crippen molar-refractivity contribution in [3.63, 3.8) is 0 Å². The molecule has 0 spiro atoms. The third kappa shape index (κ3) is 2.25. The van der Waals surface area contributed by atoms with Gasteiger partial charge in [-0.2, -0.15) is 4.72 Å². The maximum Gasteiger partial charge on any atom is 0.329 e. The number of hydrogen-bond acceptors (Lipinski definition) is 5. The number of carboxylic acids is 1. The summed E-state index contributed by atoms with van der Waals surface area (Å²) in [5.74, 6) is -0.596. The van der Waals surface area contributed by atoms with Gasteiger partial charge in [-0.3, -0.25) is 0 Å². The van der Waals surface area contributed by atoms with Crippen molar-refractivity contribution in [1.29, 1.82) is 0 Å². The van der Waals surface area contributed by atoms with Gasteiger partial charge in [0.1, 0.15) is 5.82 Å². The Balaban J connectivity index is 1.98. The third-order valence-corrected chi connectivity index (χ3v) is 5.46. The molecule has 1 aromatic rings. The first kappa shape index (κ1) is 14.5. The number of sulfonamides is 1. The largest absolute Gasteiger partial charge is 0.480 e. The third-order valence-electron chi connectivity index (χ3n) is 3.96. The molecule has 3 rings (SSSR count). The quantitative estimate of drug-likeness (QED) is 0.786. The molecule has 0 aliphatic carbocycles. The van der Waals surface area contributed by atoms with Crippen molar-refractivity contribution < 1.29 is 23.1 Å². The van der Waals surface area contributed by atoms with Crippen LogP contribution in [0.5, 0.6) is 0 Å². The Morgan fingerprint density at radius 3 is 2.71 bits per heavy atom. The summed E-state index contributed by atoms with van der Waals surface area (Å²) in [6, 6.07) is 0. The molecular weight excluding hydrogens is 298 g/mol. The predicted molar refractivity (Wildman–Crippen MR) is 71.4 cm³/mol. The highest BCUT2D eigenvalue weighted by Crippen LogP contribution is 2.26. The van der Waals surface area contributed by atoms with Gasteiger partial charge in [-0.05, 0) is 26.2 Å². The Morgan fingerprint density at radius 1 is 1.43 bits per heavy atom. The number of aryl methyl sites for hydroxylation is 1. The Labute approximate surface area is 122 Å². The number of fused-ring (bicyclic) bond motifs is 1. The number of ether oxygens (including phenoxy) is 1. The van der Waals surface area contributed by atoms with Crippen LogP contribution >= 0.6 is 0 Å². The molecule has 116 valence electrons. The van der Waals surface area contributed by atoms with E-state index >= 15 is 0 Å². The molecule has 8 nitrogen and oxygen atoms in total. The number of carboxylic acid groups (broad SMARTS) is 1. The maximum absolute atomic E-state index is 12.5. The molecule has 0 amide bonds. The van der Waals surface area contributed by atoms with Gasteiger partial charge in [0.25, 0.3) is 10.0 Å². The first-order valence-electron chi connectivity index (χ1n) is 6.77. The Hall–Kier alpha value is -1.45. The summed E-state index contributed by atoms with van der Waals surface area (Å²) in [4.78, 5) is 15.4. The van der Waals surface area contributed by atoms with Crippen LogP contribution in [0.3, 0.4) is 0 Å². The Morgan fingerprint density at radius 2 is 2.14 bits per heavy atom. The maximum atomic E-state index is 12.5. The minimum atomic E-state index is -3.99. The highest BCUT2D eigenvalue weighted by Gasteiger charge is 2.50. The molecule has 0 radical (unpaired) electrons. The van der Waals surface area contributed by atoms with Crippen LogP contribution in [0.2, 0.25) is 0 Å². The lowest BCUT2D eigenvalue weighted by atomic mass is 10.0. The zero-order valence-corrected chi connectivity index (χ0v) is 12.4. The van der Waals surface area contributed by atoms with Gasteiger partial charge in [0, 0.05) is 6.54 Å². The molecule has 1 aromatic heterocycles. The highest BCUT2D eigenvalue weighted by molar-refractivity contribution is 7.89. The van der Waals surface area contributed by atoms with E-state index in [0.717, 1.165) is 19.4 Å². The average Bonchev–Trinajstić information content (AvgIpc) is 2.73. The van der Waals surface area contributed by atoms with Crippen LogP contribution in [0.4, 0.5) is 0 Å². The zero-order chi connectivity index (χ0) is 15.3. The van der Waals surface area contributed by atoms with Crippen LogP contribution < -0.4 is 4.72 Å². The second-order valence-corrected chi connectivity index (χ2v) is 7.10. The van der Waals surface area contributed by atoms with E-state index in [-0.39, 0.29) is 18.2 Å². The summed E-state index contributed by atoms with van der Waals surface area (Å²) in [5, 5.41) is 9.16. The number of nitrogens with one attached hydrogen (secondary N) is 1. The van der Waals surface area contributed by atoms with Gasteiger partial charge >= 0.3 is 5.97 Å². The first-order chi connectivity index (χ1) is 9.86. The fourth-order valence-electron chi connectivity index (χ4n) is 2.74. The number of rotatable bonds is 4. The van der Waals surface area contributed by atoms with Crippen LogP contribution in [0.15, 0.2) is 5.03 Å². The number of aromatic nitrogens is 2. The molecule has 1 fully saturated rings. The van der Waals surface area contributed by atoms with Crippen LogP contribution in [0.25, 0.3) is 0 Å². The van der Waals surface area contributed by atoms with E-state index < -0.39 is 21.5 Å². The summed E-state index contributed by atoms with van der Waals surface area (Å²) in [5.41, 5.74) is -0.912. The first-order valence-corrected chi connectivity index (χ1v) is 8.25. The van der Waals surface area contributed by atoms with E-state index in [1.807, 2.05) is 4.57 Å². The van der Waals surface area contributed by atoms with Crippen molar-refractivity contribution in [2.75, 3.05) is 13.2 Å². The fourth-order valence-corrected chi connectivity index (χ4v) is 4.33. The minimum absolute atomic E-state index is 0.0489. The van der Waals surface area contributed by atoms with Crippen LogP contribution in [0.1, 0.15) is 24.4 Å². The van der Waals surface area contributed by atoms with Crippen molar-refractivity contribution in [3.8, 4) is 0 Å². The van der Waals surface area contributed by atoms with Crippen LogP contribution in [0, 0.1) is 6.92 Å². The van der Waals surface area contributed by atoms with Gasteiger partial charge in [-0.25, -0.2) is 18.2 Å². The molecule has 3 heterocycles. The number of nitrogens with zero attached hydrogens (tertiary/aromatic N) is 2. The van der Waals surface area contributed by atoms with E-state index in [2.05, 4.69) is 9.71 Å². The van der Waals surface area contributed by atoms with Gasteiger partial charge in [0.05, 0.1) is 18.9 Å². The summed E-state index contributed by atoms with van der Waals surface area (Å²) < 4.78 is 34.1. The number of aliphatic carboxylic acids is 1. The fraction of sp³-hybridized carbons (Fsp3) is 0.667. The molecule has 2 N–H and O–H groups in total. The molecule has 1 saturated heterocycles. The van der Waals surface area contributed by atoms with E-state index in [9.17, 15) is 18.3 Å². The van der Waals surface area contributed by atoms with E-state index in [1.54, 1.807) is 6.92 Å². The van der Waals surface area contributed by atoms with Gasteiger partial charge in [-0.1, -0.05) is 0 Å². The molecule has 0 saturated carbocycles. The minimum Gasteiger partial charge on any atom is -0.480 e. The van der Waals surface area contributed by atoms with Crippen LogP contribution in [-0.2, 0) is 32.5 Å². The van der Waals surface area contributed by atoms with Gasteiger partial charge in [-0.15, -0.1) is 0 Å². The zero-order valence-electron chi connectivity index (χ0n) is 11.6. The highest BCUT2D eigenvalue weighted by atomic mass is 32.2. The van der Waals surface area contributed by atoms with E-state index in [0.29, 0.717) is 17.9 Å². The number of imidazole rings is 1. The van der Waals surface area contributed by atoms with Crippen molar-refractivity contribution in [3.05, 3.63) is 11.5 Å². The van der Waals surface area contributed by atoms with Gasteiger partial charge < -0.3 is 14.4 Å². The lowest BCUT2D eigenvalue weighted by Crippen LogP contribution is -2.67. The normalized spacial score (nSPS) is 20.6. The summed E-state index contributed by atoms with van der Waals surface area (Å²) in [7, 11) is -3.99. The van der Waals surface area contributed by atoms with Gasteiger partial charge in [0.2, 0.25) is 0 Å². The molecule has 2 aliphatic rings. The molecule has 2 aliphatic heterocycles. The molecule has 0 aromatic carbocycles. The van der Waals surface area contributed by atoms with E-state index in [4.69, 9.17) is 4.74 Å².